The minimum absolute atomic E-state index is 0.00187. The summed E-state index contributed by atoms with van der Waals surface area (Å²) in [6, 6.07) is 22.8. The van der Waals surface area contributed by atoms with Gasteiger partial charge in [-0.3, -0.25) is 0 Å². The fraction of sp³-hybridized carbons (Fsp3) is 0.375. The lowest BCUT2D eigenvalue weighted by Gasteiger charge is -2.09. The summed E-state index contributed by atoms with van der Waals surface area (Å²) in [7, 11) is 0. The molecule has 10 heterocycles. The van der Waals surface area contributed by atoms with E-state index in [9.17, 15) is 19.2 Å². The highest BCUT2D eigenvalue weighted by Gasteiger charge is 2.36. The number of aromatic nitrogens is 2. The van der Waals surface area contributed by atoms with Gasteiger partial charge in [-0.15, -0.1) is 140 Å². The molecule has 122 heavy (non-hydrogen) atoms. The van der Waals surface area contributed by atoms with Crippen LogP contribution in [0.3, 0.4) is 0 Å². The van der Waals surface area contributed by atoms with Gasteiger partial charge in [0, 0.05) is 72.7 Å². The number of esters is 4. The van der Waals surface area contributed by atoms with Gasteiger partial charge in [0.15, 0.2) is 0 Å². The molecule has 644 valence electrons. The summed E-state index contributed by atoms with van der Waals surface area (Å²) in [5.41, 5.74) is 0.452. The molecule has 14 nitrogen and oxygen atoms in total. The number of pyridine rings is 2. The van der Waals surface area contributed by atoms with E-state index in [1.54, 1.807) is 194 Å². The van der Waals surface area contributed by atoms with Crippen LogP contribution in [0.25, 0.3) is 11.1 Å². The number of allylic oxidation sites excluding steroid dienone is 8. The summed E-state index contributed by atoms with van der Waals surface area (Å²) < 4.78 is 43.8. The quantitative estimate of drug-likeness (QED) is 0.0351. The van der Waals surface area contributed by atoms with Gasteiger partial charge in [-0.25, -0.2) is 29.1 Å². The van der Waals surface area contributed by atoms with Crippen molar-refractivity contribution in [1.82, 2.24) is 9.97 Å². The highest BCUT2D eigenvalue weighted by molar-refractivity contribution is 8.45. The van der Waals surface area contributed by atoms with Crippen molar-refractivity contribution in [2.45, 2.75) is 103 Å². The summed E-state index contributed by atoms with van der Waals surface area (Å²) in [5, 5.41) is 35.9. The number of nitriles is 4. The number of alkyl halides is 4. The predicted octanol–water partition coefficient (Wildman–Crippen LogP) is 30.1. The molecular weight excluding hydrogens is 2080 g/mol. The molecule has 0 N–H and O–H groups in total. The SMILES string of the molecule is CSC1=C(SCCOC(=O)c2cccc(C(=O)OCCSC3=C(SC)SC(=C4SC5=C(CCCC5)S4)S3)n2)SC(=C2SC3=C(CCCC3)S2)S1.CSC1=C(SCCOC(=O)c2cccc(C(=O)OCCSC3=C(SC)SC(=C4SC5=C(CCCC5)S4)S3)n2)SC(=C2SC3=C(CCCC3)S2)S1.ClCCl.ClCCl.N#CC(C#N)=c1ccc(=C(C#N)C#N)cc1. The number of thioether (sulfide) groups is 24. The Labute approximate surface area is 834 Å². The van der Waals surface area contributed by atoms with Gasteiger partial charge in [0.25, 0.3) is 0 Å². The number of ether oxygens (including phenoxy) is 4. The van der Waals surface area contributed by atoms with Crippen molar-refractivity contribution in [2.24, 2.45) is 0 Å². The first-order valence-electron chi connectivity index (χ1n) is 37.2. The predicted molar refractivity (Wildman–Crippen MR) is 561 cm³/mol. The molecule has 15 rings (SSSR count). The number of hydrogen-bond donors (Lipinski definition) is 0. The smallest absolute Gasteiger partial charge is 0.356 e. The molecule has 0 radical (unpaired) electrons. The summed E-state index contributed by atoms with van der Waals surface area (Å²) in [6.45, 7) is 1.05. The monoisotopic (exact) mass is 2150 g/mol. The summed E-state index contributed by atoms with van der Waals surface area (Å²) in [5.74, 6) is 0.461. The highest BCUT2D eigenvalue weighted by atomic mass is 35.5. The van der Waals surface area contributed by atoms with Crippen molar-refractivity contribution in [1.29, 1.82) is 21.0 Å². The van der Waals surface area contributed by atoms with Gasteiger partial charge < -0.3 is 18.9 Å². The lowest BCUT2D eigenvalue weighted by atomic mass is 10.1. The van der Waals surface area contributed by atoms with E-state index in [1.165, 1.54) is 195 Å². The van der Waals surface area contributed by atoms with Crippen LogP contribution in [0, 0.1) is 45.3 Å². The zero-order valence-corrected chi connectivity index (χ0v) is 88.0. The van der Waals surface area contributed by atoms with Crippen LogP contribution in [0.2, 0.25) is 0 Å². The molecule has 0 amide bonds. The Morgan fingerprint density at radius 3 is 0.672 bits per heavy atom. The average Bonchev–Trinajstić information content (AvgIpc) is 1.67. The number of carbonyl (C=O) groups is 4. The van der Waals surface area contributed by atoms with Crippen LogP contribution in [0.4, 0.5) is 0 Å². The second-order valence-electron chi connectivity index (χ2n) is 25.0. The van der Waals surface area contributed by atoms with E-state index < -0.39 is 23.9 Å². The third-order valence-electron chi connectivity index (χ3n) is 17.2. The number of carbonyl (C=O) groups excluding carboxylic acids is 4. The van der Waals surface area contributed by atoms with Crippen molar-refractivity contribution in [3.05, 3.63) is 201 Å². The van der Waals surface area contributed by atoms with Gasteiger partial charge in [0.2, 0.25) is 0 Å². The second kappa shape index (κ2) is 54.6. The van der Waals surface area contributed by atoms with Crippen LogP contribution in [-0.2, 0) is 18.9 Å². The lowest BCUT2D eigenvalue weighted by molar-refractivity contribution is 0.0497. The topological polar surface area (TPSA) is 226 Å². The molecule has 0 unspecified atom stereocenters. The van der Waals surface area contributed by atoms with Crippen LogP contribution in [-0.4, -0.2) is 119 Å². The number of nitrogens with zero attached hydrogens (tertiary/aromatic N) is 6. The molecular formula is C80H74Cl4N6O8S24. The van der Waals surface area contributed by atoms with Crippen LogP contribution in [0.1, 0.15) is 145 Å². The molecule has 8 aliphatic heterocycles. The number of hydrogen-bond acceptors (Lipinski definition) is 38. The fourth-order valence-corrected chi connectivity index (χ4v) is 45.7. The largest absolute Gasteiger partial charge is 0.460 e. The number of rotatable bonds is 24. The van der Waals surface area contributed by atoms with Gasteiger partial charge in [0.05, 0.1) is 78.5 Å². The van der Waals surface area contributed by atoms with Crippen LogP contribution in [0.5, 0.6) is 0 Å². The molecule has 42 heteroatoms. The Hall–Kier alpha value is -0.460. The van der Waals surface area contributed by atoms with Crippen molar-refractivity contribution in [3.63, 3.8) is 0 Å². The Morgan fingerprint density at radius 2 is 0.492 bits per heavy atom. The maximum absolute atomic E-state index is 12.8. The standard InChI is InChI=1S/2C33H33NO4S12.C12H4N4.2CH2Cl2/c2*1-39-26-28(49-32(47-26)30-43-20-10-3-4-11-21(20)44-30)41-16-14-37-24(35)18-8-7-9-19(34-18)25(36)38-15-17-42-29-27(40-2)48-33(50-29)31-45-22-12-5-6-13-23(22)46-31;13-5-11(6-14)9-1-2-10(4-3-9)12(7-15)8-16;2*2-1-3/h2*7-9H,3-6,10-17H2,1-2H3;1-4H;2*1H2. The van der Waals surface area contributed by atoms with Gasteiger partial charge in [-0.1, -0.05) is 225 Å². The molecule has 12 aliphatic rings. The zero-order valence-electron chi connectivity index (χ0n) is 65.4. The first kappa shape index (κ1) is 102. The number of halogens is 4. The normalized spacial score (nSPS) is 18.4. The minimum Gasteiger partial charge on any atom is -0.460 e. The average molecular weight is 2160 g/mol. The van der Waals surface area contributed by atoms with Crippen LogP contribution in [0.15, 0.2) is 168 Å². The van der Waals surface area contributed by atoms with E-state index in [0.29, 0.717) is 33.4 Å². The van der Waals surface area contributed by atoms with E-state index in [2.05, 4.69) is 35.0 Å². The molecule has 4 aliphatic carbocycles. The molecule has 2 aromatic heterocycles. The van der Waals surface area contributed by atoms with Gasteiger partial charge in [-0.05, 0) is 152 Å². The van der Waals surface area contributed by atoms with Crippen molar-refractivity contribution in [2.75, 3.05) is 85.1 Å². The summed E-state index contributed by atoms with van der Waals surface area (Å²) in [4.78, 5) is 72.5. The molecule has 1 aromatic carbocycles. The third kappa shape index (κ3) is 29.8. The van der Waals surface area contributed by atoms with E-state index in [4.69, 9.17) is 86.4 Å². The van der Waals surface area contributed by atoms with Gasteiger partial charge in [-0.2, -0.15) is 21.0 Å². The van der Waals surface area contributed by atoms with E-state index in [-0.39, 0.29) is 71.0 Å². The highest BCUT2D eigenvalue weighted by Crippen LogP contribution is 2.69. The van der Waals surface area contributed by atoms with E-state index >= 15 is 0 Å². The van der Waals surface area contributed by atoms with Crippen LogP contribution < -0.4 is 10.4 Å². The molecule has 0 spiro atoms. The molecule has 0 atom stereocenters. The molecule has 0 saturated heterocycles. The Balaban J connectivity index is 0.000000191. The fourth-order valence-electron chi connectivity index (χ4n) is 11.7. The Bertz CT molecular complexity index is 4540. The number of benzene rings is 1. The summed E-state index contributed by atoms with van der Waals surface area (Å²) >= 11 is 63.8. The Morgan fingerprint density at radius 1 is 0.311 bits per heavy atom. The molecule has 0 fully saturated rings. The van der Waals surface area contributed by atoms with Gasteiger partial charge >= 0.3 is 23.9 Å². The van der Waals surface area contributed by atoms with Gasteiger partial charge in [0.1, 0.15) is 84.6 Å². The molecule has 3 aromatic rings. The van der Waals surface area contributed by atoms with Crippen molar-refractivity contribution < 1.29 is 38.1 Å². The maximum atomic E-state index is 12.8. The molecule has 0 bridgehead atoms. The van der Waals surface area contributed by atoms with Crippen LogP contribution >= 0.6 is 329 Å². The zero-order chi connectivity index (χ0) is 86.3. The van der Waals surface area contributed by atoms with E-state index in [1.807, 2.05) is 188 Å². The van der Waals surface area contributed by atoms with E-state index in [0.717, 1.165) is 0 Å². The lowest BCUT2D eigenvalue weighted by Crippen LogP contribution is -2.14. The minimum atomic E-state index is -0.534. The van der Waals surface area contributed by atoms with Crippen molar-refractivity contribution in [3.8, 4) is 24.3 Å². The second-order valence-corrected chi connectivity index (χ2v) is 55.4. The molecule has 0 saturated carbocycles. The third-order valence-corrected chi connectivity index (χ3v) is 51.8. The Kier molecular flexibility index (Phi) is 45.7. The first-order valence-corrected chi connectivity index (χ1v) is 61.3. The maximum Gasteiger partial charge on any atom is 0.356 e. The first-order chi connectivity index (χ1) is 59.6. The summed E-state index contributed by atoms with van der Waals surface area (Å²) in [6.07, 6.45) is 28.7. The van der Waals surface area contributed by atoms with Crippen molar-refractivity contribution >= 4 is 364 Å².